The lowest BCUT2D eigenvalue weighted by atomic mass is 10.0. The molecule has 0 bridgehead atoms. The molecule has 0 aromatic carbocycles. The molecule has 0 fully saturated rings. The minimum atomic E-state index is -0.241. The molecule has 1 aliphatic rings. The Morgan fingerprint density at radius 1 is 1.30 bits per heavy atom. The largest absolute Gasteiger partial charge is 0.383 e. The fourth-order valence-corrected chi connectivity index (χ4v) is 4.61. The minimum Gasteiger partial charge on any atom is -0.383 e. The van der Waals surface area contributed by atoms with Gasteiger partial charge in [0.2, 0.25) is 0 Å². The Morgan fingerprint density at radius 2 is 2.07 bits per heavy atom. The van der Waals surface area contributed by atoms with Crippen molar-refractivity contribution in [3.05, 3.63) is 33.7 Å². The van der Waals surface area contributed by atoms with Gasteiger partial charge in [-0.1, -0.05) is 11.6 Å². The van der Waals surface area contributed by atoms with Gasteiger partial charge in [0, 0.05) is 37.3 Å². The average molecular weight is 407 g/mol. The van der Waals surface area contributed by atoms with Crippen LogP contribution in [0.25, 0.3) is 11.3 Å². The van der Waals surface area contributed by atoms with Gasteiger partial charge in [-0.25, -0.2) is 4.98 Å². The molecule has 142 valence electrons. The lowest BCUT2D eigenvalue weighted by molar-refractivity contribution is 0.0967. The predicted octanol–water partition coefficient (Wildman–Crippen LogP) is 2.32. The van der Waals surface area contributed by atoms with Crippen LogP contribution in [0, 0.1) is 0 Å². The first-order valence-corrected chi connectivity index (χ1v) is 9.70. The van der Waals surface area contributed by atoms with Gasteiger partial charge in [0.25, 0.3) is 5.91 Å². The fraction of sp³-hybridized carbons (Fsp3) is 0.412. The lowest BCUT2D eigenvalue weighted by Gasteiger charge is -2.19. The molecule has 0 saturated heterocycles. The van der Waals surface area contributed by atoms with Crippen LogP contribution in [0.15, 0.2) is 12.4 Å². The molecular weight excluding hydrogens is 388 g/mol. The van der Waals surface area contributed by atoms with E-state index in [1.165, 1.54) is 27.9 Å². The number of carbonyl (C=O) groups excluding carboxylic acids is 1. The van der Waals surface area contributed by atoms with Crippen LogP contribution in [0.4, 0.5) is 5.13 Å². The van der Waals surface area contributed by atoms with Crippen LogP contribution in [-0.2, 0) is 31.7 Å². The number of nitrogens with zero attached hydrogens (tertiary/aromatic N) is 6. The number of hydrogen-bond donors (Lipinski definition) is 0. The fourth-order valence-electron chi connectivity index (χ4n) is 3.27. The van der Waals surface area contributed by atoms with Gasteiger partial charge < -0.3 is 4.74 Å². The van der Waals surface area contributed by atoms with E-state index in [-0.39, 0.29) is 5.91 Å². The Hall–Kier alpha value is -2.23. The number of carbonyl (C=O) groups is 1. The second kappa shape index (κ2) is 7.06. The van der Waals surface area contributed by atoms with E-state index in [2.05, 4.69) is 10.2 Å². The average Bonchev–Trinajstić information content (AvgIpc) is 3.32. The number of thiazole rings is 1. The molecular formula is C17H19ClN6O2S. The molecule has 0 unspecified atom stereocenters. The lowest BCUT2D eigenvalue weighted by Crippen LogP contribution is -2.35. The topological polar surface area (TPSA) is 78.1 Å². The molecule has 0 spiro atoms. The van der Waals surface area contributed by atoms with Crippen LogP contribution in [0.5, 0.6) is 0 Å². The van der Waals surface area contributed by atoms with Crippen molar-refractivity contribution in [2.45, 2.75) is 12.8 Å². The monoisotopic (exact) mass is 406 g/mol. The Bertz CT molecular complexity index is 988. The van der Waals surface area contributed by atoms with Crippen molar-refractivity contribution in [3.63, 3.8) is 0 Å². The number of anilines is 1. The molecule has 0 saturated carbocycles. The van der Waals surface area contributed by atoms with Crippen molar-refractivity contribution >= 4 is 34.0 Å². The quantitative estimate of drug-likeness (QED) is 0.649. The molecule has 27 heavy (non-hydrogen) atoms. The molecule has 3 aromatic rings. The number of methoxy groups -OCH3 is 1. The molecule has 4 rings (SSSR count). The molecule has 10 heteroatoms. The zero-order valence-electron chi connectivity index (χ0n) is 15.3. The van der Waals surface area contributed by atoms with Crippen molar-refractivity contribution in [1.82, 2.24) is 24.5 Å². The SMILES string of the molecule is COCCN(C(=O)c1c(Cl)cnn1C)c1nc2c(s1)CCc1c-2cnn1C. The van der Waals surface area contributed by atoms with E-state index in [9.17, 15) is 4.79 Å². The normalized spacial score (nSPS) is 12.7. The molecule has 1 aliphatic carbocycles. The Labute approximate surface area is 165 Å². The highest BCUT2D eigenvalue weighted by molar-refractivity contribution is 7.16. The zero-order chi connectivity index (χ0) is 19.1. The third kappa shape index (κ3) is 3.05. The summed E-state index contributed by atoms with van der Waals surface area (Å²) in [5.41, 5.74) is 3.46. The zero-order valence-corrected chi connectivity index (χ0v) is 16.8. The Balaban J connectivity index is 1.74. The van der Waals surface area contributed by atoms with Gasteiger partial charge in [0.15, 0.2) is 5.13 Å². The number of hydrogen-bond acceptors (Lipinski definition) is 6. The van der Waals surface area contributed by atoms with Crippen molar-refractivity contribution in [2.75, 3.05) is 25.2 Å². The number of ether oxygens (including phenoxy) is 1. The summed E-state index contributed by atoms with van der Waals surface area (Å²) < 4.78 is 8.57. The number of rotatable bonds is 5. The van der Waals surface area contributed by atoms with E-state index < -0.39 is 0 Å². The molecule has 0 N–H and O–H groups in total. The van der Waals surface area contributed by atoms with Crippen molar-refractivity contribution < 1.29 is 9.53 Å². The van der Waals surface area contributed by atoms with Gasteiger partial charge in [-0.05, 0) is 12.8 Å². The number of fused-ring (bicyclic) bond motifs is 3. The maximum atomic E-state index is 13.2. The smallest absolute Gasteiger partial charge is 0.279 e. The van der Waals surface area contributed by atoms with Gasteiger partial charge in [0.1, 0.15) is 5.69 Å². The second-order valence-corrected chi connectivity index (χ2v) is 7.78. The second-order valence-electron chi connectivity index (χ2n) is 6.31. The summed E-state index contributed by atoms with van der Waals surface area (Å²) in [4.78, 5) is 20.8. The van der Waals surface area contributed by atoms with E-state index in [4.69, 9.17) is 21.3 Å². The maximum Gasteiger partial charge on any atom is 0.279 e. The van der Waals surface area contributed by atoms with Crippen molar-refractivity contribution in [3.8, 4) is 11.3 Å². The van der Waals surface area contributed by atoms with Gasteiger partial charge in [-0.3, -0.25) is 19.1 Å². The van der Waals surface area contributed by atoms with Gasteiger partial charge in [-0.2, -0.15) is 10.2 Å². The molecule has 3 aromatic heterocycles. The number of halogens is 1. The maximum absolute atomic E-state index is 13.2. The van der Waals surface area contributed by atoms with Gasteiger partial charge >= 0.3 is 0 Å². The summed E-state index contributed by atoms with van der Waals surface area (Å²) in [7, 11) is 5.24. The highest BCUT2D eigenvalue weighted by Gasteiger charge is 2.29. The van der Waals surface area contributed by atoms with Crippen LogP contribution >= 0.6 is 22.9 Å². The summed E-state index contributed by atoms with van der Waals surface area (Å²) in [5, 5.41) is 9.38. The summed E-state index contributed by atoms with van der Waals surface area (Å²) in [6, 6.07) is 0. The molecule has 8 nitrogen and oxygen atoms in total. The van der Waals surface area contributed by atoms with Crippen molar-refractivity contribution in [2.24, 2.45) is 14.1 Å². The van der Waals surface area contributed by atoms with Crippen molar-refractivity contribution in [1.29, 1.82) is 0 Å². The summed E-state index contributed by atoms with van der Waals surface area (Å²) in [6.45, 7) is 0.771. The van der Waals surface area contributed by atoms with Crippen LogP contribution < -0.4 is 4.90 Å². The van der Waals surface area contributed by atoms with E-state index in [1.54, 1.807) is 19.1 Å². The third-order valence-electron chi connectivity index (χ3n) is 4.68. The van der Waals surface area contributed by atoms with E-state index >= 15 is 0 Å². The van der Waals surface area contributed by atoms with Crippen LogP contribution in [-0.4, -0.2) is 50.7 Å². The molecule has 0 atom stereocenters. The molecule has 0 aliphatic heterocycles. The number of amides is 1. The predicted molar refractivity (Wildman–Crippen MR) is 103 cm³/mol. The van der Waals surface area contributed by atoms with Crippen LogP contribution in [0.1, 0.15) is 21.1 Å². The summed E-state index contributed by atoms with van der Waals surface area (Å²) in [6.07, 6.45) is 5.12. The minimum absolute atomic E-state index is 0.241. The molecule has 1 amide bonds. The summed E-state index contributed by atoms with van der Waals surface area (Å²) in [5.74, 6) is -0.241. The molecule has 3 heterocycles. The molecule has 0 radical (unpaired) electrons. The van der Waals surface area contributed by atoms with Crippen LogP contribution in [0.3, 0.4) is 0 Å². The Morgan fingerprint density at radius 3 is 2.78 bits per heavy atom. The van der Waals surface area contributed by atoms with Gasteiger partial charge in [-0.15, -0.1) is 11.3 Å². The number of aryl methyl sites for hydroxylation is 3. The Kier molecular flexibility index (Phi) is 4.75. The number of aromatic nitrogens is 5. The highest BCUT2D eigenvalue weighted by atomic mass is 35.5. The third-order valence-corrected chi connectivity index (χ3v) is 6.10. The van der Waals surface area contributed by atoms with Crippen LogP contribution in [0.2, 0.25) is 5.02 Å². The highest BCUT2D eigenvalue weighted by Crippen LogP contribution is 2.39. The first-order chi connectivity index (χ1) is 13.0. The van der Waals surface area contributed by atoms with E-state index in [0.29, 0.717) is 29.0 Å². The van der Waals surface area contributed by atoms with Gasteiger partial charge in [0.05, 0.1) is 36.3 Å². The standard InChI is InChI=1S/C17H19ClN6O2S/c1-22-12-4-5-13-14(10(12)8-19-22)21-17(27-13)24(6-7-26-3)16(25)15-11(18)9-20-23(15)2/h8-9H,4-7H2,1-3H3. The van der Waals surface area contributed by atoms with E-state index in [0.717, 1.165) is 29.0 Å². The van der Waals surface area contributed by atoms with E-state index in [1.807, 2.05) is 17.9 Å². The first kappa shape index (κ1) is 18.1. The summed E-state index contributed by atoms with van der Waals surface area (Å²) >= 11 is 7.72. The first-order valence-electron chi connectivity index (χ1n) is 8.50.